The van der Waals surface area contributed by atoms with Gasteiger partial charge in [-0.2, -0.15) is 0 Å². The quantitative estimate of drug-likeness (QED) is 0.206. The summed E-state index contributed by atoms with van der Waals surface area (Å²) in [5, 5.41) is 9.06. The molecular weight excluding hydrogens is 626 g/mol. The van der Waals surface area contributed by atoms with E-state index in [0.717, 1.165) is 22.2 Å². The minimum absolute atomic E-state index is 0. The molecule has 3 rings (SSSR count). The van der Waals surface area contributed by atoms with Gasteiger partial charge in [0.2, 0.25) is 0 Å². The molecule has 2 heterocycles. The fourth-order valence-corrected chi connectivity index (χ4v) is 5.47. The molecule has 4 atom stereocenters. The van der Waals surface area contributed by atoms with E-state index in [2.05, 4.69) is 4.74 Å². The maximum Gasteiger partial charge on any atom is 1.00 e. The van der Waals surface area contributed by atoms with Crippen molar-refractivity contribution in [2.24, 2.45) is 11.8 Å². The molecule has 0 bridgehead atoms. The van der Waals surface area contributed by atoms with Crippen LogP contribution in [0.5, 0.6) is 0 Å². The average Bonchev–Trinajstić information content (AvgIpc) is 3.58. The Hall–Kier alpha value is -2.26. The number of hydrogen-bond acceptors (Lipinski definition) is 11. The Bertz CT molecular complexity index is 1200. The largest absolute Gasteiger partial charge is 1.00 e. The minimum atomic E-state index is -0.803. The molecule has 15 heteroatoms. The molecule has 2 fully saturated rings. The Morgan fingerprint density at radius 2 is 1.26 bits per heavy atom. The van der Waals surface area contributed by atoms with Gasteiger partial charge in [-0.25, -0.2) is 19.2 Å². The van der Waals surface area contributed by atoms with Crippen molar-refractivity contribution in [2.75, 3.05) is 33.9 Å². The van der Waals surface area contributed by atoms with E-state index in [-0.39, 0.29) is 70.0 Å². The molecule has 12 nitrogen and oxygen atoms in total. The van der Waals surface area contributed by atoms with Gasteiger partial charge in [0.25, 0.3) is 0 Å². The van der Waals surface area contributed by atoms with Crippen molar-refractivity contribution in [1.82, 2.24) is 9.80 Å². The Labute approximate surface area is 301 Å². The van der Waals surface area contributed by atoms with E-state index in [0.29, 0.717) is 13.0 Å². The van der Waals surface area contributed by atoms with Gasteiger partial charge in [-0.3, -0.25) is 14.6 Å². The second-order valence-electron chi connectivity index (χ2n) is 12.8. The molecule has 0 unspecified atom stereocenters. The van der Waals surface area contributed by atoms with Gasteiger partial charge in [0, 0.05) is 44.8 Å². The first kappa shape index (κ1) is 43.7. The molecular formula is C31H47BN2NaO10S. The zero-order valence-electron chi connectivity index (χ0n) is 29.7. The van der Waals surface area contributed by atoms with Crippen LogP contribution in [0.25, 0.3) is 0 Å². The number of esters is 2. The summed E-state index contributed by atoms with van der Waals surface area (Å²) in [4.78, 5) is 64.2. The zero-order valence-corrected chi connectivity index (χ0v) is 31.5. The minimum Gasteiger partial charge on any atom is -1.00 e. The Balaban J connectivity index is 0. The topological polar surface area (TPSA) is 149 Å². The third kappa shape index (κ3) is 13.5. The van der Waals surface area contributed by atoms with Crippen LogP contribution in [0.1, 0.15) is 61.4 Å². The van der Waals surface area contributed by atoms with Crippen LogP contribution in [0.3, 0.4) is 0 Å². The number of amides is 2. The fraction of sp³-hybridized carbons (Fsp3) is 0.645. The summed E-state index contributed by atoms with van der Waals surface area (Å²) in [7, 11) is 2.55. The first-order valence-corrected chi connectivity index (χ1v) is 15.2. The van der Waals surface area contributed by atoms with E-state index in [1.54, 1.807) is 41.5 Å². The molecule has 3 radical (unpaired) electrons. The van der Waals surface area contributed by atoms with Gasteiger partial charge in [-0.1, -0.05) is 29.5 Å². The standard InChI is InChI=1S/C19H25NO5S.C12H21NO5.B.Na.H/c1-12-6-8-14(9-7-12)26-17(22)13-10-15(16(21)24-5)20(11-13)18(23)25-19(2,3)4;1-12(2,3)18-11(16)13-6-8(7-14)5-9(13)10(15)17-4;;;/h6-9,13,15H,10-11H2,1-5H3;8-9,14H,5-7H2,1-4H3;;;/q;;;+1;-1/t13-,15+;8-,9+;;;/m11.../s1. The normalized spacial score (nSPS) is 20.7. The summed E-state index contributed by atoms with van der Waals surface area (Å²) < 4.78 is 20.1. The van der Waals surface area contributed by atoms with Crippen LogP contribution in [0.15, 0.2) is 29.2 Å². The zero-order chi connectivity index (χ0) is 33.4. The van der Waals surface area contributed by atoms with Crippen LogP contribution in [0, 0.1) is 18.8 Å². The molecule has 1 N–H and O–H groups in total. The molecule has 0 aromatic heterocycles. The first-order valence-electron chi connectivity index (χ1n) is 14.4. The number of thioether (sulfide) groups is 1. The van der Waals surface area contributed by atoms with Crippen molar-refractivity contribution in [3.63, 3.8) is 0 Å². The van der Waals surface area contributed by atoms with Crippen LogP contribution in [0.2, 0.25) is 0 Å². The number of hydrogen-bond donors (Lipinski definition) is 1. The van der Waals surface area contributed by atoms with Gasteiger partial charge in [-0.05, 0) is 73.4 Å². The number of rotatable bonds is 5. The number of carbonyl (C=O) groups excluding carboxylic acids is 5. The molecule has 0 saturated carbocycles. The predicted octanol–water partition coefficient (Wildman–Crippen LogP) is 0.925. The van der Waals surface area contributed by atoms with E-state index >= 15 is 0 Å². The predicted molar refractivity (Wildman–Crippen MR) is 170 cm³/mol. The van der Waals surface area contributed by atoms with E-state index in [1.165, 1.54) is 24.0 Å². The Morgan fingerprint density at radius 3 is 1.67 bits per heavy atom. The number of aliphatic hydroxyl groups is 1. The van der Waals surface area contributed by atoms with Crippen LogP contribution in [0.4, 0.5) is 9.59 Å². The van der Waals surface area contributed by atoms with Crippen molar-refractivity contribution in [3.05, 3.63) is 29.8 Å². The molecule has 46 heavy (non-hydrogen) atoms. The van der Waals surface area contributed by atoms with Gasteiger partial charge in [-0.15, -0.1) is 0 Å². The summed E-state index contributed by atoms with van der Waals surface area (Å²) in [5.74, 6) is -1.57. The molecule has 1 aromatic carbocycles. The Morgan fingerprint density at radius 1 is 0.826 bits per heavy atom. The van der Waals surface area contributed by atoms with E-state index in [4.69, 9.17) is 19.3 Å². The molecule has 2 saturated heterocycles. The number of aliphatic hydroxyl groups excluding tert-OH is 1. The summed E-state index contributed by atoms with van der Waals surface area (Å²) in [6.45, 7) is 12.9. The SMILES string of the molecule is COC(=O)[C@@H]1C[C@@H](C(=O)Sc2ccc(C)cc2)CN1C(=O)OC(C)(C)C.COC(=O)[C@@H]1C[C@@H](CO)CN1C(=O)OC(C)(C)C.[B].[H-].[Na+]. The third-order valence-corrected chi connectivity index (χ3v) is 7.76. The van der Waals surface area contributed by atoms with Gasteiger partial charge < -0.3 is 25.5 Å². The number of carbonyl (C=O) groups is 5. The molecule has 2 amide bonds. The van der Waals surface area contributed by atoms with E-state index in [1.807, 2.05) is 31.2 Å². The maximum atomic E-state index is 12.6. The number of likely N-dealkylation sites (tertiary alicyclic amines) is 2. The van der Waals surface area contributed by atoms with E-state index < -0.39 is 53.3 Å². The number of ether oxygens (including phenoxy) is 4. The summed E-state index contributed by atoms with van der Waals surface area (Å²) in [6.07, 6.45) is -0.510. The maximum absolute atomic E-state index is 12.6. The van der Waals surface area contributed by atoms with Gasteiger partial charge in [0.05, 0.1) is 14.2 Å². The second kappa shape index (κ2) is 18.9. The fourth-order valence-electron chi connectivity index (χ4n) is 4.63. The van der Waals surface area contributed by atoms with Gasteiger partial charge >= 0.3 is 53.7 Å². The number of methoxy groups -OCH3 is 2. The summed E-state index contributed by atoms with van der Waals surface area (Å²) >= 11 is 1.13. The summed E-state index contributed by atoms with van der Waals surface area (Å²) in [5.41, 5.74) is -0.185. The second-order valence-corrected chi connectivity index (χ2v) is 13.9. The van der Waals surface area contributed by atoms with Crippen LogP contribution >= 0.6 is 11.8 Å². The van der Waals surface area contributed by atoms with Gasteiger partial charge in [0.1, 0.15) is 23.3 Å². The van der Waals surface area contributed by atoms with Crippen molar-refractivity contribution in [2.45, 2.75) is 89.5 Å². The average molecular weight is 674 g/mol. The van der Waals surface area contributed by atoms with Crippen molar-refractivity contribution in [3.8, 4) is 0 Å². The molecule has 0 spiro atoms. The van der Waals surface area contributed by atoms with Crippen LogP contribution in [-0.2, 0) is 33.3 Å². The first-order chi connectivity index (χ1) is 20.4. The number of nitrogens with zero attached hydrogens (tertiary/aromatic N) is 2. The Kier molecular flexibility index (Phi) is 18.0. The number of aryl methyl sites for hydroxylation is 1. The molecule has 2 aliphatic rings. The molecule has 2 aliphatic heterocycles. The van der Waals surface area contributed by atoms with Gasteiger partial charge in [0.15, 0.2) is 5.12 Å². The monoisotopic (exact) mass is 673 g/mol. The van der Waals surface area contributed by atoms with Crippen molar-refractivity contribution >= 4 is 49.4 Å². The summed E-state index contributed by atoms with van der Waals surface area (Å²) in [6, 6.07) is 6.18. The third-order valence-electron chi connectivity index (χ3n) is 6.72. The molecule has 0 aliphatic carbocycles. The van der Waals surface area contributed by atoms with Crippen LogP contribution in [-0.4, -0.2) is 110 Å². The van der Waals surface area contributed by atoms with E-state index in [9.17, 15) is 24.0 Å². The van der Waals surface area contributed by atoms with Crippen molar-refractivity contribution in [1.29, 1.82) is 0 Å². The number of benzene rings is 1. The smallest absolute Gasteiger partial charge is 1.00 e. The molecule has 251 valence electrons. The molecule has 1 aromatic rings. The van der Waals surface area contributed by atoms with Crippen LogP contribution < -0.4 is 29.6 Å². The van der Waals surface area contributed by atoms with Crippen molar-refractivity contribution < 1.29 is 79.0 Å².